The number of carbonyl (C=O) groups is 1. The number of H-pyrrole nitrogens is 1. The second kappa shape index (κ2) is 8.57. The van der Waals surface area contributed by atoms with E-state index in [4.69, 9.17) is 11.6 Å². The number of sulfonamides is 1. The van der Waals surface area contributed by atoms with Crippen LogP contribution in [-0.2, 0) is 10.0 Å². The molecular weight excluding hydrogens is 472 g/mol. The van der Waals surface area contributed by atoms with Crippen LogP contribution in [0, 0.1) is 11.6 Å². The number of pyridine rings is 1. The Balaban J connectivity index is 1.79. The molecule has 0 atom stereocenters. The van der Waals surface area contributed by atoms with Gasteiger partial charge < -0.3 is 4.98 Å². The first-order valence-electron chi connectivity index (χ1n) is 9.86. The van der Waals surface area contributed by atoms with Gasteiger partial charge in [0.2, 0.25) is 15.8 Å². The lowest BCUT2D eigenvalue weighted by atomic mass is 10.00. The van der Waals surface area contributed by atoms with Crippen LogP contribution in [0.4, 0.5) is 14.5 Å². The third-order valence-electron chi connectivity index (χ3n) is 5.14. The van der Waals surface area contributed by atoms with Crippen molar-refractivity contribution in [1.82, 2.24) is 9.97 Å². The summed E-state index contributed by atoms with van der Waals surface area (Å²) in [5, 5.41) is 0.0655. The van der Waals surface area contributed by atoms with Crippen molar-refractivity contribution >= 4 is 44.1 Å². The summed E-state index contributed by atoms with van der Waals surface area (Å²) >= 11 is 5.93. The molecule has 170 valence electrons. The van der Waals surface area contributed by atoms with E-state index in [-0.39, 0.29) is 5.56 Å². The number of nitrogens with zero attached hydrogens (tertiary/aromatic N) is 1. The zero-order valence-electron chi connectivity index (χ0n) is 17.5. The van der Waals surface area contributed by atoms with Gasteiger partial charge in [-0.25, -0.2) is 22.2 Å². The van der Waals surface area contributed by atoms with Crippen molar-refractivity contribution in [3.05, 3.63) is 82.6 Å². The Morgan fingerprint density at radius 3 is 2.45 bits per heavy atom. The number of nitrogens with one attached hydrogen (secondary N) is 2. The maximum Gasteiger partial charge on any atom is 0.235 e. The van der Waals surface area contributed by atoms with Crippen molar-refractivity contribution in [3.63, 3.8) is 0 Å². The summed E-state index contributed by atoms with van der Waals surface area (Å²) in [6.07, 6.45) is 2.91. The average Bonchev–Trinajstić information content (AvgIpc) is 3.19. The molecular formula is C23H18ClF2N3O3S. The molecule has 6 nitrogen and oxygen atoms in total. The fourth-order valence-electron chi connectivity index (χ4n) is 3.24. The second-order valence-corrected chi connectivity index (χ2v) is 10.3. The number of anilines is 1. The molecule has 2 heterocycles. The second-order valence-electron chi connectivity index (χ2n) is 7.64. The average molecular weight is 490 g/mol. The van der Waals surface area contributed by atoms with E-state index in [1.54, 1.807) is 36.5 Å². The Morgan fingerprint density at radius 1 is 1.09 bits per heavy atom. The number of carbonyl (C=O) groups excluding carboxylic acids is 1. The SMILES string of the molecule is CC(C)S(=O)(=O)Nc1ccc(F)c(C(=O)c2c[nH]c3ncc(-c4ccc(Cl)cc4)cc23)c1F. The first-order chi connectivity index (χ1) is 15.6. The molecule has 4 rings (SSSR count). The van der Waals surface area contributed by atoms with Crippen LogP contribution in [0.2, 0.25) is 5.02 Å². The fraction of sp³-hybridized carbons (Fsp3) is 0.130. The fourth-order valence-corrected chi connectivity index (χ4v) is 4.06. The molecule has 4 aromatic rings. The molecule has 2 aromatic carbocycles. The predicted octanol–water partition coefficient (Wildman–Crippen LogP) is 5.54. The van der Waals surface area contributed by atoms with Crippen LogP contribution in [0.3, 0.4) is 0 Å². The van der Waals surface area contributed by atoms with Gasteiger partial charge in [-0.15, -0.1) is 0 Å². The van der Waals surface area contributed by atoms with Crippen molar-refractivity contribution in [2.75, 3.05) is 4.72 Å². The highest BCUT2D eigenvalue weighted by atomic mass is 35.5. The molecule has 0 unspecified atom stereocenters. The Hall–Kier alpha value is -3.30. The molecule has 10 heteroatoms. The zero-order valence-corrected chi connectivity index (χ0v) is 19.1. The molecule has 0 saturated heterocycles. The summed E-state index contributed by atoms with van der Waals surface area (Å²) in [5.41, 5.74) is 0.441. The highest BCUT2D eigenvalue weighted by molar-refractivity contribution is 7.93. The summed E-state index contributed by atoms with van der Waals surface area (Å²) in [7, 11) is -3.91. The summed E-state index contributed by atoms with van der Waals surface area (Å²) in [4.78, 5) is 20.3. The Bertz CT molecular complexity index is 1480. The molecule has 0 fully saturated rings. The van der Waals surface area contributed by atoms with Crippen molar-refractivity contribution in [2.45, 2.75) is 19.1 Å². The number of benzene rings is 2. The van der Waals surface area contributed by atoms with Gasteiger partial charge in [0.25, 0.3) is 0 Å². The topological polar surface area (TPSA) is 91.9 Å². The van der Waals surface area contributed by atoms with E-state index >= 15 is 4.39 Å². The minimum atomic E-state index is -3.91. The van der Waals surface area contributed by atoms with Gasteiger partial charge in [0, 0.05) is 33.9 Å². The number of hydrogen-bond acceptors (Lipinski definition) is 4. The van der Waals surface area contributed by atoms with Crippen molar-refractivity contribution in [2.24, 2.45) is 0 Å². The molecule has 2 aromatic heterocycles. The van der Waals surface area contributed by atoms with Crippen LogP contribution >= 0.6 is 11.6 Å². The van der Waals surface area contributed by atoms with E-state index in [1.165, 1.54) is 20.0 Å². The lowest BCUT2D eigenvalue weighted by Crippen LogP contribution is -2.23. The molecule has 0 saturated carbocycles. The van der Waals surface area contributed by atoms with Gasteiger partial charge in [-0.1, -0.05) is 23.7 Å². The minimum absolute atomic E-state index is 0.00465. The zero-order chi connectivity index (χ0) is 23.9. The normalized spacial score (nSPS) is 11.8. The maximum atomic E-state index is 15.1. The summed E-state index contributed by atoms with van der Waals surface area (Å²) < 4.78 is 56.0. The van der Waals surface area contributed by atoms with Gasteiger partial charge in [0.1, 0.15) is 11.5 Å². The molecule has 33 heavy (non-hydrogen) atoms. The third-order valence-corrected chi connectivity index (χ3v) is 7.14. The van der Waals surface area contributed by atoms with E-state index in [0.717, 1.165) is 17.7 Å². The van der Waals surface area contributed by atoms with Gasteiger partial charge >= 0.3 is 0 Å². The van der Waals surface area contributed by atoms with Gasteiger partial charge in [0.05, 0.1) is 16.5 Å². The number of fused-ring (bicyclic) bond motifs is 1. The van der Waals surface area contributed by atoms with Crippen molar-refractivity contribution in [1.29, 1.82) is 0 Å². The monoisotopic (exact) mass is 489 g/mol. The number of aromatic amines is 1. The highest BCUT2D eigenvalue weighted by Crippen LogP contribution is 2.30. The van der Waals surface area contributed by atoms with Gasteiger partial charge in [-0.05, 0) is 49.7 Å². The standard InChI is InChI=1S/C23H18ClF2N3O3S/c1-12(2)33(31,32)29-19-8-7-18(25)20(21(19)26)22(30)17-11-28-23-16(17)9-14(10-27-23)13-3-5-15(24)6-4-13/h3-12,29H,1-2H3,(H,27,28). The number of halogens is 3. The number of hydrogen-bond donors (Lipinski definition) is 2. The molecule has 0 aliphatic rings. The van der Waals surface area contributed by atoms with Crippen molar-refractivity contribution < 1.29 is 22.0 Å². The van der Waals surface area contributed by atoms with E-state index in [9.17, 15) is 17.6 Å². The first-order valence-corrected chi connectivity index (χ1v) is 11.8. The number of ketones is 1. The van der Waals surface area contributed by atoms with E-state index in [0.29, 0.717) is 21.6 Å². The number of aromatic nitrogens is 2. The van der Waals surface area contributed by atoms with Crippen LogP contribution in [0.1, 0.15) is 29.8 Å². The van der Waals surface area contributed by atoms with E-state index in [2.05, 4.69) is 14.7 Å². The maximum absolute atomic E-state index is 15.1. The van der Waals surface area contributed by atoms with E-state index in [1.807, 2.05) is 0 Å². The largest absolute Gasteiger partial charge is 0.345 e. The van der Waals surface area contributed by atoms with E-state index < -0.39 is 43.9 Å². The molecule has 2 N–H and O–H groups in total. The lowest BCUT2D eigenvalue weighted by molar-refractivity contribution is 0.103. The summed E-state index contributed by atoms with van der Waals surface area (Å²) in [6.45, 7) is 2.82. The van der Waals surface area contributed by atoms with Crippen LogP contribution in [0.25, 0.3) is 22.2 Å². The smallest absolute Gasteiger partial charge is 0.235 e. The molecule has 0 aliphatic heterocycles. The van der Waals surface area contributed by atoms with Gasteiger partial charge in [-0.3, -0.25) is 9.52 Å². The van der Waals surface area contributed by atoms with Crippen LogP contribution in [0.5, 0.6) is 0 Å². The van der Waals surface area contributed by atoms with Gasteiger partial charge in [0.15, 0.2) is 5.82 Å². The predicted molar refractivity (Wildman–Crippen MR) is 124 cm³/mol. The molecule has 0 aliphatic carbocycles. The Morgan fingerprint density at radius 2 is 1.79 bits per heavy atom. The molecule has 0 bridgehead atoms. The molecule has 0 radical (unpaired) electrons. The van der Waals surface area contributed by atoms with Crippen LogP contribution in [-0.4, -0.2) is 29.4 Å². The van der Waals surface area contributed by atoms with Crippen LogP contribution < -0.4 is 4.72 Å². The lowest BCUT2D eigenvalue weighted by Gasteiger charge is -2.13. The highest BCUT2D eigenvalue weighted by Gasteiger charge is 2.26. The molecule has 0 spiro atoms. The number of rotatable bonds is 6. The Kier molecular flexibility index (Phi) is 5.94. The minimum Gasteiger partial charge on any atom is -0.345 e. The van der Waals surface area contributed by atoms with Crippen LogP contribution in [0.15, 0.2) is 54.9 Å². The third kappa shape index (κ3) is 4.34. The summed E-state index contributed by atoms with van der Waals surface area (Å²) in [5.74, 6) is -3.35. The summed E-state index contributed by atoms with van der Waals surface area (Å²) in [6, 6.07) is 10.4. The quantitative estimate of drug-likeness (QED) is 0.348. The van der Waals surface area contributed by atoms with Crippen molar-refractivity contribution in [3.8, 4) is 11.1 Å². The Labute approximate surface area is 193 Å². The van der Waals surface area contributed by atoms with Gasteiger partial charge in [-0.2, -0.15) is 0 Å². The first kappa shape index (κ1) is 22.9. The molecule has 0 amide bonds.